The Kier molecular flexibility index (Phi) is 8.31. The van der Waals surface area contributed by atoms with Crippen LogP contribution < -0.4 is 5.46 Å². The molecule has 0 atom stereocenters. The van der Waals surface area contributed by atoms with Crippen molar-refractivity contribution in [3.63, 3.8) is 0 Å². The molecule has 0 bridgehead atoms. The van der Waals surface area contributed by atoms with E-state index in [1.807, 2.05) is 0 Å². The minimum Gasteiger partial charge on any atom is -0.462 e. The van der Waals surface area contributed by atoms with Crippen molar-refractivity contribution in [2.45, 2.75) is 6.92 Å². The number of thiazole rings is 1. The summed E-state index contributed by atoms with van der Waals surface area (Å²) in [6.07, 6.45) is 1.44. The Bertz CT molecular complexity index is 1050. The topological polar surface area (TPSA) is 166 Å². The first-order valence-corrected chi connectivity index (χ1v) is 9.52. The minimum atomic E-state index is -1.58. The first kappa shape index (κ1) is 23.6. The number of ether oxygens (including phenoxy) is 1. The van der Waals surface area contributed by atoms with Crippen molar-refractivity contribution >= 4 is 41.3 Å². The summed E-state index contributed by atoms with van der Waals surface area (Å²) in [5.41, 5.74) is 0.914. The van der Waals surface area contributed by atoms with Crippen LogP contribution in [0.3, 0.4) is 0 Å². The Labute approximate surface area is 180 Å². The molecule has 2 N–H and O–H groups in total. The van der Waals surface area contributed by atoms with Gasteiger partial charge >= 0.3 is 13.1 Å². The van der Waals surface area contributed by atoms with Gasteiger partial charge in [-0.3, -0.25) is 20.2 Å². The molecule has 3 rings (SSSR count). The van der Waals surface area contributed by atoms with Crippen molar-refractivity contribution in [2.24, 2.45) is 0 Å². The zero-order valence-corrected chi connectivity index (χ0v) is 16.9. The van der Waals surface area contributed by atoms with Crippen LogP contribution in [0, 0.1) is 20.2 Å². The van der Waals surface area contributed by atoms with Gasteiger partial charge in [0.2, 0.25) is 0 Å². The van der Waals surface area contributed by atoms with E-state index in [2.05, 4.69) is 4.98 Å². The fraction of sp³-hybridized carbons (Fsp3) is 0.111. The van der Waals surface area contributed by atoms with Crippen LogP contribution in [-0.2, 0) is 4.74 Å². The number of esters is 1. The first-order valence-electron chi connectivity index (χ1n) is 8.71. The van der Waals surface area contributed by atoms with Crippen LogP contribution in [-0.4, -0.2) is 44.6 Å². The summed E-state index contributed by atoms with van der Waals surface area (Å²) in [4.78, 5) is 35.7. The van der Waals surface area contributed by atoms with E-state index in [0.29, 0.717) is 16.5 Å². The van der Waals surface area contributed by atoms with Gasteiger partial charge in [-0.1, -0.05) is 12.1 Å². The van der Waals surface area contributed by atoms with Crippen LogP contribution >= 0.6 is 11.3 Å². The maximum atomic E-state index is 11.5. The Morgan fingerprint density at radius 2 is 1.55 bits per heavy atom. The number of nitro benzene ring substituents is 2. The predicted octanol–water partition coefficient (Wildman–Crippen LogP) is 2.17. The Morgan fingerprint density at radius 1 is 1.03 bits per heavy atom. The van der Waals surface area contributed by atoms with Gasteiger partial charge in [0.15, 0.2) is 0 Å². The zero-order valence-electron chi connectivity index (χ0n) is 16.1. The fourth-order valence-corrected chi connectivity index (χ4v) is 3.01. The number of nitrogens with zero attached hydrogens (tertiary/aromatic N) is 3. The summed E-state index contributed by atoms with van der Waals surface area (Å²) in [5, 5.41) is 38.6. The molecule has 0 spiro atoms. The van der Waals surface area contributed by atoms with E-state index < -0.39 is 22.9 Å². The number of rotatable bonds is 6. The van der Waals surface area contributed by atoms with E-state index in [4.69, 9.17) is 14.8 Å². The van der Waals surface area contributed by atoms with Crippen LogP contribution in [0.25, 0.3) is 10.6 Å². The van der Waals surface area contributed by atoms with E-state index in [1.54, 1.807) is 19.1 Å². The van der Waals surface area contributed by atoms with Gasteiger partial charge in [0, 0.05) is 29.8 Å². The largest absolute Gasteiger partial charge is 0.488 e. The second-order valence-electron chi connectivity index (χ2n) is 5.78. The van der Waals surface area contributed by atoms with Gasteiger partial charge in [-0.25, -0.2) is 9.78 Å². The number of nitro groups is 2. The van der Waals surface area contributed by atoms with E-state index in [0.717, 1.165) is 5.56 Å². The third-order valence-electron chi connectivity index (χ3n) is 3.71. The molecule has 0 amide bonds. The average Bonchev–Trinajstić information content (AvgIpc) is 3.25. The molecule has 2 aromatic carbocycles. The van der Waals surface area contributed by atoms with Crippen LogP contribution in [0.4, 0.5) is 11.4 Å². The van der Waals surface area contributed by atoms with Crippen molar-refractivity contribution in [3.05, 3.63) is 79.8 Å². The summed E-state index contributed by atoms with van der Waals surface area (Å²) in [6.45, 7) is 2.04. The predicted molar refractivity (Wildman–Crippen MR) is 113 cm³/mol. The van der Waals surface area contributed by atoms with Crippen LogP contribution in [0.1, 0.15) is 16.6 Å². The molecule has 1 aromatic heterocycles. The normalized spacial score (nSPS) is 9.90. The Hall–Kier alpha value is -3.68. The molecular formula is C18H16BN3O8S. The highest BCUT2D eigenvalue weighted by atomic mass is 32.1. The molecule has 11 nitrogen and oxygen atoms in total. The number of hydrogen-bond donors (Lipinski definition) is 2. The first-order chi connectivity index (χ1) is 14.7. The smallest absolute Gasteiger partial charge is 0.462 e. The van der Waals surface area contributed by atoms with Crippen molar-refractivity contribution in [1.82, 2.24) is 4.98 Å². The van der Waals surface area contributed by atoms with Gasteiger partial charge < -0.3 is 14.8 Å². The maximum Gasteiger partial charge on any atom is 0.488 e. The molecule has 31 heavy (non-hydrogen) atoms. The molecule has 160 valence electrons. The van der Waals surface area contributed by atoms with Gasteiger partial charge in [-0.15, -0.1) is 11.3 Å². The number of non-ortho nitro benzene ring substituents is 2. The molecule has 3 aromatic rings. The number of carbonyl (C=O) groups excluding carboxylic acids is 1. The second-order valence-corrected chi connectivity index (χ2v) is 6.81. The van der Waals surface area contributed by atoms with E-state index in [9.17, 15) is 25.0 Å². The van der Waals surface area contributed by atoms with Crippen molar-refractivity contribution < 1.29 is 29.4 Å². The highest BCUT2D eigenvalue weighted by Gasteiger charge is 2.14. The minimum absolute atomic E-state index is 0.0194. The fourth-order valence-electron chi connectivity index (χ4n) is 2.20. The molecule has 0 aliphatic heterocycles. The van der Waals surface area contributed by atoms with Gasteiger partial charge in [0.25, 0.3) is 11.4 Å². The number of carbonyl (C=O) groups is 1. The number of hydrogen-bond acceptors (Lipinski definition) is 10. The maximum absolute atomic E-state index is 11.5. The third-order valence-corrected chi connectivity index (χ3v) is 4.74. The lowest BCUT2D eigenvalue weighted by molar-refractivity contribution is -0.385. The Balaban J connectivity index is 0.000000245. The van der Waals surface area contributed by atoms with Crippen molar-refractivity contribution in [3.8, 4) is 10.6 Å². The summed E-state index contributed by atoms with van der Waals surface area (Å²) >= 11 is 1.19. The summed E-state index contributed by atoms with van der Waals surface area (Å²) in [5.74, 6) is -0.409. The molecule has 13 heteroatoms. The number of benzene rings is 2. The van der Waals surface area contributed by atoms with Gasteiger partial charge in [0.1, 0.15) is 9.88 Å². The molecule has 0 aliphatic carbocycles. The molecule has 0 radical (unpaired) electrons. The quantitative estimate of drug-likeness (QED) is 0.250. The molecule has 0 saturated carbocycles. The van der Waals surface area contributed by atoms with Crippen LogP contribution in [0.5, 0.6) is 0 Å². The number of aromatic nitrogens is 1. The summed E-state index contributed by atoms with van der Waals surface area (Å²) in [6, 6.07) is 11.0. The lowest BCUT2D eigenvalue weighted by Crippen LogP contribution is -2.29. The van der Waals surface area contributed by atoms with E-state index >= 15 is 0 Å². The monoisotopic (exact) mass is 445 g/mol. The van der Waals surface area contributed by atoms with Gasteiger partial charge in [-0.2, -0.15) is 0 Å². The molecule has 0 aliphatic rings. The Morgan fingerprint density at radius 3 is 2.00 bits per heavy atom. The average molecular weight is 445 g/mol. The van der Waals surface area contributed by atoms with Crippen molar-refractivity contribution in [1.29, 1.82) is 0 Å². The molecular weight excluding hydrogens is 429 g/mol. The van der Waals surface area contributed by atoms with Crippen LogP contribution in [0.15, 0.2) is 54.7 Å². The summed E-state index contributed by atoms with van der Waals surface area (Å²) < 4.78 is 4.87. The van der Waals surface area contributed by atoms with Gasteiger partial charge in [-0.05, 0) is 24.5 Å². The zero-order chi connectivity index (χ0) is 23.0. The highest BCUT2D eigenvalue weighted by Crippen LogP contribution is 2.27. The standard InChI is InChI=1S/C12H10N2O4S.C6H6BNO4/c1-2-18-12(15)10-7-13-11(19-10)8-3-5-9(6-4-8)14(16)17;9-7(10)5-1-3-6(4-2-5)8(11)12/h3-7H,2H2,1H3;1-4,9-10H. The lowest BCUT2D eigenvalue weighted by Gasteiger charge is -1.97. The SMILES string of the molecule is CCOC(=O)c1cnc(-c2ccc([N+](=O)[O-])cc2)s1.O=[N+]([O-])c1ccc(B(O)O)cc1. The molecule has 0 saturated heterocycles. The van der Waals surface area contributed by atoms with Crippen molar-refractivity contribution in [2.75, 3.05) is 6.61 Å². The van der Waals surface area contributed by atoms with E-state index in [1.165, 1.54) is 53.9 Å². The molecule has 1 heterocycles. The van der Waals surface area contributed by atoms with Gasteiger partial charge in [0.05, 0.1) is 22.7 Å². The second kappa shape index (κ2) is 10.9. The summed E-state index contributed by atoms with van der Waals surface area (Å²) in [7, 11) is -1.58. The highest BCUT2D eigenvalue weighted by molar-refractivity contribution is 7.16. The third kappa shape index (κ3) is 6.67. The van der Waals surface area contributed by atoms with Crippen LogP contribution in [0.2, 0.25) is 0 Å². The lowest BCUT2D eigenvalue weighted by atomic mass is 9.80. The molecule has 0 fully saturated rings. The molecule has 0 unspecified atom stereocenters. The van der Waals surface area contributed by atoms with E-state index in [-0.39, 0.29) is 16.8 Å².